The molecule has 1 aromatic heterocycles. The summed E-state index contributed by atoms with van der Waals surface area (Å²) in [5, 5.41) is 3.97. The van der Waals surface area contributed by atoms with Crippen LogP contribution in [0, 0.1) is 0 Å². The van der Waals surface area contributed by atoms with E-state index < -0.39 is 0 Å². The maximum Gasteiger partial charge on any atom is 0.226 e. The molecular weight excluding hydrogens is 332 g/mol. The Kier molecular flexibility index (Phi) is 5.63. The first kappa shape index (κ1) is 17.7. The molecule has 0 bridgehead atoms. The summed E-state index contributed by atoms with van der Waals surface area (Å²) in [6.45, 7) is 2.40. The van der Waals surface area contributed by atoms with Gasteiger partial charge in [0, 0.05) is 17.5 Å². The van der Waals surface area contributed by atoms with Crippen molar-refractivity contribution >= 4 is 6.29 Å². The van der Waals surface area contributed by atoms with Gasteiger partial charge >= 0.3 is 0 Å². The number of aryl methyl sites for hydroxylation is 1. The van der Waals surface area contributed by atoms with Gasteiger partial charge in [-0.3, -0.25) is 4.79 Å². The van der Waals surface area contributed by atoms with Crippen LogP contribution >= 0.6 is 0 Å². The van der Waals surface area contributed by atoms with Crippen molar-refractivity contribution in [3.63, 3.8) is 0 Å². The smallest absolute Gasteiger partial charge is 0.226 e. The van der Waals surface area contributed by atoms with Crippen molar-refractivity contribution in [3.8, 4) is 22.9 Å². The van der Waals surface area contributed by atoms with Crippen LogP contribution in [-0.2, 0) is 13.0 Å². The number of ether oxygens (including phenoxy) is 2. The minimum absolute atomic E-state index is 0.364. The normalized spacial score (nSPS) is 10.5. The molecule has 0 amide bonds. The Bertz CT molecular complexity index is 875. The molecule has 134 valence electrons. The van der Waals surface area contributed by atoms with Crippen molar-refractivity contribution < 1.29 is 18.8 Å². The van der Waals surface area contributed by atoms with Crippen molar-refractivity contribution in [3.05, 3.63) is 59.5 Å². The van der Waals surface area contributed by atoms with Crippen LogP contribution in [0.2, 0.25) is 0 Å². The number of methoxy groups -OCH3 is 1. The second-order valence-electron chi connectivity index (χ2n) is 5.74. The number of carbonyl (C=O) groups is 1. The fourth-order valence-electron chi connectivity index (χ4n) is 2.55. The zero-order valence-electron chi connectivity index (χ0n) is 14.8. The maximum absolute atomic E-state index is 11.6. The number of aldehydes is 1. The maximum atomic E-state index is 11.6. The third-order valence-corrected chi connectivity index (χ3v) is 3.87. The monoisotopic (exact) mass is 352 g/mol. The number of rotatable bonds is 8. The molecule has 0 aliphatic rings. The summed E-state index contributed by atoms with van der Waals surface area (Å²) < 4.78 is 16.5. The second kappa shape index (κ2) is 8.29. The predicted molar refractivity (Wildman–Crippen MR) is 96.4 cm³/mol. The quantitative estimate of drug-likeness (QED) is 0.569. The van der Waals surface area contributed by atoms with E-state index in [-0.39, 0.29) is 0 Å². The van der Waals surface area contributed by atoms with Crippen molar-refractivity contribution in [2.45, 2.75) is 26.4 Å². The lowest BCUT2D eigenvalue weighted by Crippen LogP contribution is -2.00. The first-order valence-corrected chi connectivity index (χ1v) is 8.42. The molecule has 0 aliphatic heterocycles. The summed E-state index contributed by atoms with van der Waals surface area (Å²) in [6, 6.07) is 13.1. The molecule has 6 nitrogen and oxygen atoms in total. The van der Waals surface area contributed by atoms with E-state index in [4.69, 9.17) is 14.0 Å². The largest absolute Gasteiger partial charge is 0.493 e. The van der Waals surface area contributed by atoms with E-state index in [9.17, 15) is 4.79 Å². The lowest BCUT2D eigenvalue weighted by Gasteiger charge is -2.13. The van der Waals surface area contributed by atoms with E-state index >= 15 is 0 Å². The average Bonchev–Trinajstić information content (AvgIpc) is 3.15. The lowest BCUT2D eigenvalue weighted by atomic mass is 10.1. The molecule has 0 unspecified atom stereocenters. The van der Waals surface area contributed by atoms with E-state index in [0.717, 1.165) is 18.3 Å². The highest BCUT2D eigenvalue weighted by atomic mass is 16.5. The molecule has 0 atom stereocenters. The molecule has 0 N–H and O–H groups in total. The van der Waals surface area contributed by atoms with Crippen LogP contribution < -0.4 is 9.47 Å². The summed E-state index contributed by atoms with van der Waals surface area (Å²) >= 11 is 0. The summed E-state index contributed by atoms with van der Waals surface area (Å²) in [5.41, 5.74) is 1.99. The van der Waals surface area contributed by atoms with Gasteiger partial charge in [-0.25, -0.2) is 0 Å². The molecule has 1 heterocycles. The van der Waals surface area contributed by atoms with Crippen LogP contribution in [0.1, 0.15) is 35.2 Å². The first-order valence-electron chi connectivity index (χ1n) is 8.42. The molecule has 26 heavy (non-hydrogen) atoms. The molecule has 0 radical (unpaired) electrons. The minimum Gasteiger partial charge on any atom is -0.493 e. The first-order chi connectivity index (χ1) is 12.7. The minimum atomic E-state index is 0.364. The molecule has 0 spiro atoms. The average molecular weight is 352 g/mol. The summed E-state index contributed by atoms with van der Waals surface area (Å²) in [7, 11) is 1.55. The van der Waals surface area contributed by atoms with Gasteiger partial charge in [0.2, 0.25) is 11.7 Å². The van der Waals surface area contributed by atoms with Gasteiger partial charge in [-0.05, 0) is 24.1 Å². The van der Waals surface area contributed by atoms with Gasteiger partial charge in [0.05, 0.1) is 7.11 Å². The highest BCUT2D eigenvalue weighted by Crippen LogP contribution is 2.34. The van der Waals surface area contributed by atoms with Crippen molar-refractivity contribution in [2.24, 2.45) is 0 Å². The van der Waals surface area contributed by atoms with E-state index in [1.807, 2.05) is 37.3 Å². The zero-order chi connectivity index (χ0) is 18.4. The summed E-state index contributed by atoms with van der Waals surface area (Å²) in [4.78, 5) is 15.9. The standard InChI is InChI=1S/C20H20N2O4/c1-3-7-19-21-20(22-26-19)16-11-17(24-2)18(10-15(16)12-23)25-13-14-8-5-4-6-9-14/h4-6,8-12H,3,7,13H2,1-2H3. The van der Waals surface area contributed by atoms with Crippen LogP contribution in [0.3, 0.4) is 0 Å². The lowest BCUT2D eigenvalue weighted by molar-refractivity contribution is 0.112. The van der Waals surface area contributed by atoms with Gasteiger partial charge in [-0.1, -0.05) is 42.4 Å². The Labute approximate surface area is 151 Å². The number of hydrogen-bond acceptors (Lipinski definition) is 6. The highest BCUT2D eigenvalue weighted by molar-refractivity contribution is 5.87. The highest BCUT2D eigenvalue weighted by Gasteiger charge is 2.17. The third kappa shape index (κ3) is 3.91. The molecule has 0 saturated heterocycles. The number of nitrogens with zero attached hydrogens (tertiary/aromatic N) is 2. The van der Waals surface area contributed by atoms with E-state index in [0.29, 0.717) is 47.4 Å². The molecule has 6 heteroatoms. The van der Waals surface area contributed by atoms with Crippen LogP contribution in [0.4, 0.5) is 0 Å². The van der Waals surface area contributed by atoms with Gasteiger partial charge in [-0.15, -0.1) is 0 Å². The zero-order valence-corrected chi connectivity index (χ0v) is 14.8. The fourth-order valence-corrected chi connectivity index (χ4v) is 2.55. The van der Waals surface area contributed by atoms with Crippen LogP contribution in [-0.4, -0.2) is 23.5 Å². The predicted octanol–water partition coefficient (Wildman–Crippen LogP) is 4.09. The topological polar surface area (TPSA) is 74.5 Å². The Morgan fingerprint density at radius 1 is 1.15 bits per heavy atom. The Morgan fingerprint density at radius 3 is 2.65 bits per heavy atom. The molecule has 3 aromatic rings. The summed E-state index contributed by atoms with van der Waals surface area (Å²) in [5.74, 6) is 1.90. The van der Waals surface area contributed by atoms with Gasteiger partial charge in [0.1, 0.15) is 6.61 Å². The Hall–Kier alpha value is -3.15. The molecular formula is C20H20N2O4. The molecule has 0 aliphatic carbocycles. The van der Waals surface area contributed by atoms with Crippen LogP contribution in [0.25, 0.3) is 11.4 Å². The van der Waals surface area contributed by atoms with E-state index in [2.05, 4.69) is 10.1 Å². The van der Waals surface area contributed by atoms with E-state index in [1.54, 1.807) is 19.2 Å². The molecule has 2 aromatic carbocycles. The molecule has 3 rings (SSSR count). The number of hydrogen-bond donors (Lipinski definition) is 0. The van der Waals surface area contributed by atoms with Crippen LogP contribution in [0.5, 0.6) is 11.5 Å². The summed E-state index contributed by atoms with van der Waals surface area (Å²) in [6.07, 6.45) is 2.34. The number of aromatic nitrogens is 2. The third-order valence-electron chi connectivity index (χ3n) is 3.87. The molecule has 0 fully saturated rings. The second-order valence-corrected chi connectivity index (χ2v) is 5.74. The van der Waals surface area contributed by atoms with Crippen molar-refractivity contribution in [2.75, 3.05) is 7.11 Å². The Balaban J connectivity index is 1.90. The van der Waals surface area contributed by atoms with Crippen molar-refractivity contribution in [1.29, 1.82) is 0 Å². The fraction of sp³-hybridized carbons (Fsp3) is 0.250. The van der Waals surface area contributed by atoms with Crippen molar-refractivity contribution in [1.82, 2.24) is 10.1 Å². The van der Waals surface area contributed by atoms with Crippen LogP contribution in [0.15, 0.2) is 47.0 Å². The molecule has 0 saturated carbocycles. The van der Waals surface area contributed by atoms with E-state index in [1.165, 1.54) is 0 Å². The number of carbonyl (C=O) groups excluding carboxylic acids is 1. The number of benzene rings is 2. The van der Waals surface area contributed by atoms with Gasteiger partial charge < -0.3 is 14.0 Å². The SMILES string of the molecule is CCCc1nc(-c2cc(OC)c(OCc3ccccc3)cc2C=O)no1. The van der Waals surface area contributed by atoms with Gasteiger partial charge in [-0.2, -0.15) is 4.98 Å². The Morgan fingerprint density at radius 2 is 1.96 bits per heavy atom. The van der Waals surface area contributed by atoms with Gasteiger partial charge in [0.25, 0.3) is 0 Å². The van der Waals surface area contributed by atoms with Gasteiger partial charge in [0.15, 0.2) is 17.8 Å².